The number of halogens is 3. The molecule has 2 amide bonds. The molecule has 7 nitrogen and oxygen atoms in total. The van der Waals surface area contributed by atoms with E-state index in [4.69, 9.17) is 9.47 Å². The Hall–Kier alpha value is -3.24. The van der Waals surface area contributed by atoms with Gasteiger partial charge < -0.3 is 14.8 Å². The number of nitrogens with zero attached hydrogens (tertiary/aromatic N) is 1. The van der Waals surface area contributed by atoms with E-state index in [1.807, 2.05) is 24.3 Å². The SMILES string of the molecule is COc1cc(C=NNC(=O)CC(=O)Nc2ccc(F)cc2)cc(Br)c1OCc1ccc(Br)cc1. The van der Waals surface area contributed by atoms with Crippen LogP contribution in [0.2, 0.25) is 0 Å². The van der Waals surface area contributed by atoms with Crippen LogP contribution in [0.15, 0.2) is 74.7 Å². The number of carbonyl (C=O) groups excluding carboxylic acids is 2. The van der Waals surface area contributed by atoms with Gasteiger partial charge in [-0.2, -0.15) is 5.10 Å². The highest BCUT2D eigenvalue weighted by Crippen LogP contribution is 2.36. The number of rotatable bonds is 9. The summed E-state index contributed by atoms with van der Waals surface area (Å²) in [6.45, 7) is 0.353. The molecule has 3 rings (SSSR count). The number of benzene rings is 3. The first kappa shape index (κ1) is 25.4. The van der Waals surface area contributed by atoms with Gasteiger partial charge in [-0.1, -0.05) is 28.1 Å². The molecule has 0 aliphatic heterocycles. The molecule has 10 heteroatoms. The van der Waals surface area contributed by atoms with E-state index in [0.717, 1.165) is 10.0 Å². The molecule has 0 spiro atoms. The summed E-state index contributed by atoms with van der Waals surface area (Å²) in [6, 6.07) is 16.5. The van der Waals surface area contributed by atoms with Gasteiger partial charge in [0.05, 0.1) is 17.8 Å². The van der Waals surface area contributed by atoms with Crippen LogP contribution < -0.4 is 20.2 Å². The van der Waals surface area contributed by atoms with Crippen molar-refractivity contribution < 1.29 is 23.5 Å². The second-order valence-electron chi connectivity index (χ2n) is 6.97. The van der Waals surface area contributed by atoms with Crippen LogP contribution in [0.1, 0.15) is 17.5 Å². The maximum absolute atomic E-state index is 12.9. The van der Waals surface area contributed by atoms with E-state index in [1.54, 1.807) is 12.1 Å². The highest BCUT2D eigenvalue weighted by atomic mass is 79.9. The molecule has 0 aliphatic rings. The number of nitrogens with one attached hydrogen (secondary N) is 2. The fourth-order valence-corrected chi connectivity index (χ4v) is 3.63. The van der Waals surface area contributed by atoms with Gasteiger partial charge in [0, 0.05) is 10.2 Å². The van der Waals surface area contributed by atoms with Crippen LogP contribution in [-0.4, -0.2) is 25.1 Å². The summed E-state index contributed by atoms with van der Waals surface area (Å²) in [5, 5.41) is 6.39. The number of amides is 2. The topological polar surface area (TPSA) is 89.0 Å². The second kappa shape index (κ2) is 12.3. The normalized spacial score (nSPS) is 10.7. The minimum absolute atomic E-state index is 0.353. The van der Waals surface area contributed by atoms with Crippen LogP contribution in [0, 0.1) is 5.82 Å². The molecule has 3 aromatic rings. The molecule has 2 N–H and O–H groups in total. The van der Waals surface area contributed by atoms with E-state index in [9.17, 15) is 14.0 Å². The fourth-order valence-electron chi connectivity index (χ4n) is 2.79. The molecule has 0 saturated carbocycles. The van der Waals surface area contributed by atoms with Gasteiger partial charge in [0.1, 0.15) is 18.8 Å². The summed E-state index contributed by atoms with van der Waals surface area (Å²) in [6.07, 6.45) is 0.978. The van der Waals surface area contributed by atoms with Crippen molar-refractivity contribution in [2.75, 3.05) is 12.4 Å². The second-order valence-corrected chi connectivity index (χ2v) is 8.74. The van der Waals surface area contributed by atoms with Crippen molar-refractivity contribution in [3.63, 3.8) is 0 Å². The Morgan fingerprint density at radius 3 is 2.41 bits per heavy atom. The zero-order valence-electron chi connectivity index (χ0n) is 18.0. The van der Waals surface area contributed by atoms with Crippen LogP contribution in [0.4, 0.5) is 10.1 Å². The molecular formula is C24H20Br2FN3O4. The molecular weight excluding hydrogens is 573 g/mol. The van der Waals surface area contributed by atoms with Crippen molar-refractivity contribution in [1.82, 2.24) is 5.43 Å². The zero-order valence-corrected chi connectivity index (χ0v) is 21.2. The molecule has 0 fully saturated rings. The smallest absolute Gasteiger partial charge is 0.249 e. The van der Waals surface area contributed by atoms with Gasteiger partial charge in [0.15, 0.2) is 11.5 Å². The predicted molar refractivity (Wildman–Crippen MR) is 135 cm³/mol. The quantitative estimate of drug-likeness (QED) is 0.197. The molecule has 0 aliphatic carbocycles. The van der Waals surface area contributed by atoms with Crippen molar-refractivity contribution in [3.8, 4) is 11.5 Å². The number of carbonyl (C=O) groups is 2. The third kappa shape index (κ3) is 7.67. The number of methoxy groups -OCH3 is 1. The van der Waals surface area contributed by atoms with Crippen LogP contribution >= 0.6 is 31.9 Å². The monoisotopic (exact) mass is 591 g/mol. The number of hydrazone groups is 1. The number of anilines is 1. The summed E-state index contributed by atoms with van der Waals surface area (Å²) in [5.74, 6) is -0.549. The number of hydrogen-bond acceptors (Lipinski definition) is 5. The molecule has 0 atom stereocenters. The molecule has 0 saturated heterocycles. The maximum Gasteiger partial charge on any atom is 0.249 e. The van der Waals surface area contributed by atoms with E-state index >= 15 is 0 Å². The highest BCUT2D eigenvalue weighted by Gasteiger charge is 2.12. The largest absolute Gasteiger partial charge is 0.493 e. The van der Waals surface area contributed by atoms with Crippen LogP contribution in [0.5, 0.6) is 11.5 Å². The predicted octanol–water partition coefficient (Wildman–Crippen LogP) is 5.42. The standard InChI is InChI=1S/C24H20Br2FN3O4/c1-33-21-11-16(10-20(26)24(21)34-14-15-2-4-17(25)5-3-15)13-28-30-23(32)12-22(31)29-19-8-6-18(27)7-9-19/h2-11,13H,12,14H2,1H3,(H,29,31)(H,30,32). The van der Waals surface area contributed by atoms with Gasteiger partial charge in [-0.3, -0.25) is 9.59 Å². The summed E-state index contributed by atoms with van der Waals surface area (Å²) in [7, 11) is 1.52. The average Bonchev–Trinajstić information content (AvgIpc) is 2.80. The Morgan fingerprint density at radius 2 is 1.74 bits per heavy atom. The van der Waals surface area contributed by atoms with Gasteiger partial charge in [-0.15, -0.1) is 0 Å². The lowest BCUT2D eigenvalue weighted by Gasteiger charge is -2.13. The van der Waals surface area contributed by atoms with Crippen molar-refractivity contribution >= 4 is 55.6 Å². The average molecular weight is 593 g/mol. The first-order valence-electron chi connectivity index (χ1n) is 9.96. The Labute approximate surface area is 212 Å². The van der Waals surface area contributed by atoms with Crippen molar-refractivity contribution in [1.29, 1.82) is 0 Å². The first-order chi connectivity index (χ1) is 16.3. The summed E-state index contributed by atoms with van der Waals surface area (Å²) >= 11 is 6.88. The van der Waals surface area contributed by atoms with E-state index in [1.165, 1.54) is 37.6 Å². The van der Waals surface area contributed by atoms with Crippen molar-refractivity contribution in [2.45, 2.75) is 13.0 Å². The van der Waals surface area contributed by atoms with Gasteiger partial charge in [0.2, 0.25) is 11.8 Å². The Bertz CT molecular complexity index is 1190. The highest BCUT2D eigenvalue weighted by molar-refractivity contribution is 9.10. The van der Waals surface area contributed by atoms with Gasteiger partial charge in [-0.25, -0.2) is 9.82 Å². The molecule has 0 bridgehead atoms. The van der Waals surface area contributed by atoms with Crippen LogP contribution in [0.3, 0.4) is 0 Å². The lowest BCUT2D eigenvalue weighted by Crippen LogP contribution is -2.24. The van der Waals surface area contributed by atoms with E-state index in [2.05, 4.69) is 47.7 Å². The lowest BCUT2D eigenvalue weighted by atomic mass is 10.2. The third-order valence-electron chi connectivity index (χ3n) is 4.40. The van der Waals surface area contributed by atoms with Gasteiger partial charge in [-0.05, 0) is 75.6 Å². The first-order valence-corrected chi connectivity index (χ1v) is 11.5. The molecule has 0 unspecified atom stereocenters. The van der Waals surface area contributed by atoms with Crippen molar-refractivity contribution in [2.24, 2.45) is 5.10 Å². The lowest BCUT2D eigenvalue weighted by molar-refractivity contribution is -0.126. The molecule has 3 aromatic carbocycles. The van der Waals surface area contributed by atoms with E-state index in [-0.39, 0.29) is 0 Å². The summed E-state index contributed by atoms with van der Waals surface area (Å²) in [4.78, 5) is 23.9. The van der Waals surface area contributed by atoms with Crippen LogP contribution in [0.25, 0.3) is 0 Å². The molecule has 0 aromatic heterocycles. The molecule has 0 radical (unpaired) electrons. The molecule has 0 heterocycles. The Morgan fingerprint density at radius 1 is 1.03 bits per heavy atom. The Kier molecular flexibility index (Phi) is 9.17. The minimum Gasteiger partial charge on any atom is -0.493 e. The molecule has 176 valence electrons. The maximum atomic E-state index is 12.9. The van der Waals surface area contributed by atoms with Crippen LogP contribution in [-0.2, 0) is 16.2 Å². The van der Waals surface area contributed by atoms with Gasteiger partial charge in [0.25, 0.3) is 0 Å². The minimum atomic E-state index is -0.601. The van der Waals surface area contributed by atoms with E-state index in [0.29, 0.717) is 33.8 Å². The molecule has 34 heavy (non-hydrogen) atoms. The summed E-state index contributed by atoms with van der Waals surface area (Å²) in [5.41, 5.74) is 4.32. The third-order valence-corrected chi connectivity index (χ3v) is 5.52. The summed E-state index contributed by atoms with van der Waals surface area (Å²) < 4.78 is 25.9. The Balaban J connectivity index is 1.55. The number of hydrogen-bond donors (Lipinski definition) is 2. The zero-order chi connectivity index (χ0) is 24.5. The fraction of sp³-hybridized carbons (Fsp3) is 0.125. The number of ether oxygens (including phenoxy) is 2. The van der Waals surface area contributed by atoms with Crippen molar-refractivity contribution in [3.05, 3.63) is 86.6 Å². The van der Waals surface area contributed by atoms with Gasteiger partial charge >= 0.3 is 0 Å². The van der Waals surface area contributed by atoms with E-state index < -0.39 is 24.1 Å².